The van der Waals surface area contributed by atoms with Crippen LogP contribution in [0.3, 0.4) is 0 Å². The van der Waals surface area contributed by atoms with E-state index in [9.17, 15) is 9.50 Å². The van der Waals surface area contributed by atoms with Crippen molar-refractivity contribution >= 4 is 0 Å². The highest BCUT2D eigenvalue weighted by molar-refractivity contribution is 5.42. The number of benzene rings is 2. The monoisotopic (exact) mass is 373 g/mol. The number of aryl methyl sites for hydroxylation is 3. The summed E-state index contributed by atoms with van der Waals surface area (Å²) in [7, 11) is 0. The highest BCUT2D eigenvalue weighted by Gasteiger charge is 2.24. The number of halogens is 1. The van der Waals surface area contributed by atoms with E-state index in [1.165, 1.54) is 17.7 Å². The molecule has 1 fully saturated rings. The Balaban J connectivity index is 1.54. The van der Waals surface area contributed by atoms with Gasteiger partial charge in [-0.3, -0.25) is 4.90 Å². The van der Waals surface area contributed by atoms with Gasteiger partial charge in [-0.25, -0.2) is 4.39 Å². The normalized spacial score (nSPS) is 19.1. The van der Waals surface area contributed by atoms with E-state index in [4.69, 9.17) is 9.47 Å². The van der Waals surface area contributed by atoms with E-state index < -0.39 is 6.10 Å². The molecule has 2 atom stereocenters. The Morgan fingerprint density at radius 2 is 1.96 bits per heavy atom. The SMILES string of the molecule is Cc1cc(C)c(OCC(O)CN2CCOC(c3cccc(F)c3)C2)c(C)c1. The molecule has 0 saturated carbocycles. The Morgan fingerprint density at radius 3 is 2.67 bits per heavy atom. The third-order valence-electron chi connectivity index (χ3n) is 4.86. The van der Waals surface area contributed by atoms with E-state index in [0.29, 0.717) is 19.7 Å². The van der Waals surface area contributed by atoms with Gasteiger partial charge in [-0.05, 0) is 49.6 Å². The molecule has 27 heavy (non-hydrogen) atoms. The van der Waals surface area contributed by atoms with Crippen molar-refractivity contribution in [3.63, 3.8) is 0 Å². The van der Waals surface area contributed by atoms with Crippen LogP contribution in [0, 0.1) is 26.6 Å². The minimum Gasteiger partial charge on any atom is -0.490 e. The Morgan fingerprint density at radius 1 is 1.22 bits per heavy atom. The average Bonchev–Trinajstić information content (AvgIpc) is 2.61. The smallest absolute Gasteiger partial charge is 0.125 e. The zero-order valence-corrected chi connectivity index (χ0v) is 16.2. The number of hydrogen-bond donors (Lipinski definition) is 1. The number of nitrogens with zero attached hydrogens (tertiary/aromatic N) is 1. The molecule has 4 nitrogen and oxygen atoms in total. The van der Waals surface area contributed by atoms with Crippen molar-refractivity contribution in [2.24, 2.45) is 0 Å². The van der Waals surface area contributed by atoms with Crippen molar-refractivity contribution in [1.29, 1.82) is 0 Å². The molecule has 0 aliphatic carbocycles. The maximum Gasteiger partial charge on any atom is 0.125 e. The van der Waals surface area contributed by atoms with Gasteiger partial charge in [-0.15, -0.1) is 0 Å². The quantitative estimate of drug-likeness (QED) is 0.841. The minimum absolute atomic E-state index is 0.177. The standard InChI is InChI=1S/C22H28FNO3/c1-15-9-16(2)22(17(3)10-15)27-14-20(25)12-24-7-8-26-21(13-24)18-5-4-6-19(23)11-18/h4-6,9-11,20-21,25H,7-8,12-14H2,1-3H3. The van der Waals surface area contributed by atoms with Gasteiger partial charge in [0.1, 0.15) is 24.3 Å². The number of ether oxygens (including phenoxy) is 2. The van der Waals surface area contributed by atoms with E-state index in [-0.39, 0.29) is 18.5 Å². The third-order valence-corrected chi connectivity index (χ3v) is 4.86. The molecule has 0 bridgehead atoms. The van der Waals surface area contributed by atoms with Crippen LogP contribution in [0.2, 0.25) is 0 Å². The summed E-state index contributed by atoms with van der Waals surface area (Å²) in [5, 5.41) is 10.4. The zero-order chi connectivity index (χ0) is 19.4. The maximum atomic E-state index is 13.5. The lowest BCUT2D eigenvalue weighted by molar-refractivity contribution is -0.0460. The van der Waals surface area contributed by atoms with Crippen LogP contribution < -0.4 is 4.74 Å². The molecule has 1 N–H and O–H groups in total. The molecule has 1 aliphatic heterocycles. The molecule has 2 aromatic carbocycles. The summed E-state index contributed by atoms with van der Waals surface area (Å²) in [5.74, 6) is 0.588. The number of morpholine rings is 1. The van der Waals surface area contributed by atoms with E-state index in [1.807, 2.05) is 19.9 Å². The van der Waals surface area contributed by atoms with Crippen LogP contribution in [-0.2, 0) is 4.74 Å². The van der Waals surface area contributed by atoms with E-state index in [2.05, 4.69) is 24.0 Å². The van der Waals surface area contributed by atoms with E-state index >= 15 is 0 Å². The lowest BCUT2D eigenvalue weighted by atomic mass is 10.1. The van der Waals surface area contributed by atoms with Gasteiger partial charge in [-0.2, -0.15) is 0 Å². The van der Waals surface area contributed by atoms with Gasteiger partial charge < -0.3 is 14.6 Å². The Labute approximate surface area is 160 Å². The highest BCUT2D eigenvalue weighted by atomic mass is 19.1. The minimum atomic E-state index is -0.601. The lowest BCUT2D eigenvalue weighted by Crippen LogP contribution is -2.43. The predicted molar refractivity (Wildman–Crippen MR) is 104 cm³/mol. The number of aliphatic hydroxyl groups is 1. The molecular formula is C22H28FNO3. The van der Waals surface area contributed by atoms with Crippen molar-refractivity contribution in [3.8, 4) is 5.75 Å². The van der Waals surface area contributed by atoms with Crippen molar-refractivity contribution in [3.05, 3.63) is 64.5 Å². The first-order valence-corrected chi connectivity index (χ1v) is 9.40. The number of hydrogen-bond acceptors (Lipinski definition) is 4. The Hall–Kier alpha value is -1.95. The van der Waals surface area contributed by atoms with Gasteiger partial charge >= 0.3 is 0 Å². The molecule has 1 heterocycles. The first-order valence-electron chi connectivity index (χ1n) is 9.40. The van der Waals surface area contributed by atoms with Gasteiger partial charge in [-0.1, -0.05) is 29.8 Å². The fourth-order valence-electron chi connectivity index (χ4n) is 3.70. The summed E-state index contributed by atoms with van der Waals surface area (Å²) >= 11 is 0. The fourth-order valence-corrected chi connectivity index (χ4v) is 3.70. The van der Waals surface area contributed by atoms with Crippen molar-refractivity contribution in [2.45, 2.75) is 33.0 Å². The zero-order valence-electron chi connectivity index (χ0n) is 16.2. The van der Waals surface area contributed by atoms with Crippen LogP contribution in [0.25, 0.3) is 0 Å². The van der Waals surface area contributed by atoms with Crippen LogP contribution in [0.5, 0.6) is 5.75 Å². The van der Waals surface area contributed by atoms with Crippen LogP contribution in [0.1, 0.15) is 28.4 Å². The molecule has 2 aromatic rings. The third kappa shape index (κ3) is 5.28. The number of aliphatic hydroxyl groups excluding tert-OH is 1. The van der Waals surface area contributed by atoms with Gasteiger partial charge in [0.15, 0.2) is 0 Å². The summed E-state index contributed by atoms with van der Waals surface area (Å²) in [6, 6.07) is 10.7. The molecular weight excluding hydrogens is 345 g/mol. The molecule has 0 radical (unpaired) electrons. The van der Waals surface area contributed by atoms with Crippen LogP contribution >= 0.6 is 0 Å². The topological polar surface area (TPSA) is 41.9 Å². The molecule has 0 aromatic heterocycles. The second-order valence-corrected chi connectivity index (χ2v) is 7.37. The fraction of sp³-hybridized carbons (Fsp3) is 0.455. The highest BCUT2D eigenvalue weighted by Crippen LogP contribution is 2.25. The summed E-state index contributed by atoms with van der Waals surface area (Å²) in [5.41, 5.74) is 4.19. The summed E-state index contributed by atoms with van der Waals surface area (Å²) in [6.45, 7) is 8.78. The Bertz CT molecular complexity index is 757. The van der Waals surface area contributed by atoms with Crippen molar-refractivity contribution < 1.29 is 19.0 Å². The van der Waals surface area contributed by atoms with Crippen LogP contribution in [0.15, 0.2) is 36.4 Å². The molecule has 1 saturated heterocycles. The number of β-amino-alcohol motifs (C(OH)–C–C–N with tert-alkyl or cyclic N) is 1. The van der Waals surface area contributed by atoms with Gasteiger partial charge in [0.25, 0.3) is 0 Å². The second kappa shape index (κ2) is 8.83. The summed E-state index contributed by atoms with van der Waals surface area (Å²) in [6.07, 6.45) is -0.777. The average molecular weight is 373 g/mol. The maximum absolute atomic E-state index is 13.5. The predicted octanol–water partition coefficient (Wildman–Crippen LogP) is 3.56. The number of rotatable bonds is 6. The van der Waals surface area contributed by atoms with Gasteiger partial charge in [0, 0.05) is 19.6 Å². The Kier molecular flexibility index (Phi) is 6.47. The van der Waals surface area contributed by atoms with E-state index in [0.717, 1.165) is 29.0 Å². The van der Waals surface area contributed by atoms with Crippen molar-refractivity contribution in [1.82, 2.24) is 4.90 Å². The van der Waals surface area contributed by atoms with Gasteiger partial charge in [0.2, 0.25) is 0 Å². The second-order valence-electron chi connectivity index (χ2n) is 7.37. The molecule has 3 rings (SSSR count). The summed E-state index contributed by atoms with van der Waals surface area (Å²) in [4.78, 5) is 2.14. The first-order chi connectivity index (χ1) is 12.9. The first kappa shape index (κ1) is 19.8. The van der Waals surface area contributed by atoms with Gasteiger partial charge in [0.05, 0.1) is 12.7 Å². The summed E-state index contributed by atoms with van der Waals surface area (Å²) < 4.78 is 25.1. The largest absolute Gasteiger partial charge is 0.490 e. The molecule has 0 amide bonds. The van der Waals surface area contributed by atoms with Crippen LogP contribution in [-0.4, -0.2) is 49.0 Å². The molecule has 0 spiro atoms. The molecule has 1 aliphatic rings. The molecule has 5 heteroatoms. The van der Waals surface area contributed by atoms with E-state index in [1.54, 1.807) is 6.07 Å². The van der Waals surface area contributed by atoms with Crippen LogP contribution in [0.4, 0.5) is 4.39 Å². The molecule has 146 valence electrons. The van der Waals surface area contributed by atoms with Crippen molar-refractivity contribution in [2.75, 3.05) is 32.8 Å². The molecule has 2 unspecified atom stereocenters. The lowest BCUT2D eigenvalue weighted by Gasteiger charge is -2.34.